The number of piperidine rings is 1. The molecule has 0 aromatic heterocycles. The molecule has 3 N–H and O–H groups in total. The van der Waals surface area contributed by atoms with Crippen LogP contribution in [0.1, 0.15) is 24.4 Å². The van der Waals surface area contributed by atoms with Crippen LogP contribution in [0.25, 0.3) is 0 Å². The molecular weight excluding hydrogens is 405 g/mol. The second kappa shape index (κ2) is 9.47. The number of rotatable bonds is 5. The van der Waals surface area contributed by atoms with Gasteiger partial charge in [0.2, 0.25) is 15.9 Å². The summed E-state index contributed by atoms with van der Waals surface area (Å²) in [5, 5.41) is 0. The number of hydrogen-bond acceptors (Lipinski definition) is 4. The third-order valence-electron chi connectivity index (χ3n) is 4.59. The molecule has 3 rings (SSSR count). The van der Waals surface area contributed by atoms with Gasteiger partial charge >= 0.3 is 0 Å². The fraction of sp³-hybridized carbons (Fsp3) is 0.316. The summed E-state index contributed by atoms with van der Waals surface area (Å²) >= 11 is 0. The molecule has 2 aromatic rings. The number of carbonyl (C=O) groups is 1. The lowest BCUT2D eigenvalue weighted by Crippen LogP contribution is -2.51. The van der Waals surface area contributed by atoms with E-state index in [1.54, 1.807) is 17.0 Å². The summed E-state index contributed by atoms with van der Waals surface area (Å²) in [4.78, 5) is 14.1. The summed E-state index contributed by atoms with van der Waals surface area (Å²) < 4.78 is 40.9. The average molecular weight is 428 g/mol. The first-order valence-electron chi connectivity index (χ1n) is 8.74. The van der Waals surface area contributed by atoms with Crippen molar-refractivity contribution >= 4 is 28.3 Å². The van der Waals surface area contributed by atoms with Gasteiger partial charge in [0.05, 0.1) is 4.90 Å². The molecule has 1 saturated heterocycles. The minimum atomic E-state index is -3.86. The van der Waals surface area contributed by atoms with E-state index in [0.29, 0.717) is 24.9 Å². The van der Waals surface area contributed by atoms with Crippen LogP contribution in [0.2, 0.25) is 0 Å². The Bertz CT molecular complexity index is 912. The quantitative estimate of drug-likeness (QED) is 0.765. The molecule has 0 bridgehead atoms. The van der Waals surface area contributed by atoms with E-state index >= 15 is 0 Å². The Morgan fingerprint density at radius 1 is 1.18 bits per heavy atom. The summed E-state index contributed by atoms with van der Waals surface area (Å²) in [5.74, 6) is -0.858. The van der Waals surface area contributed by atoms with Crippen LogP contribution in [-0.2, 0) is 14.8 Å². The van der Waals surface area contributed by atoms with Crippen LogP contribution in [0.4, 0.5) is 4.39 Å². The van der Waals surface area contributed by atoms with Gasteiger partial charge in [0, 0.05) is 19.1 Å². The SMILES string of the molecule is Cl.NC(C(=O)N1CCCC(NS(=O)(=O)c2cccc(F)c2)C1)c1ccccc1. The molecule has 1 aliphatic heterocycles. The zero-order valence-corrected chi connectivity index (χ0v) is 16.8. The lowest BCUT2D eigenvalue weighted by Gasteiger charge is -2.34. The Labute approximate surface area is 170 Å². The number of nitrogens with two attached hydrogens (primary N) is 1. The Kier molecular flexibility index (Phi) is 7.54. The van der Waals surface area contributed by atoms with E-state index in [0.717, 1.165) is 6.07 Å². The van der Waals surface area contributed by atoms with E-state index in [4.69, 9.17) is 5.73 Å². The highest BCUT2D eigenvalue weighted by Gasteiger charge is 2.30. The van der Waals surface area contributed by atoms with Gasteiger partial charge in [0.15, 0.2) is 0 Å². The highest BCUT2D eigenvalue weighted by molar-refractivity contribution is 7.89. The topological polar surface area (TPSA) is 92.5 Å². The van der Waals surface area contributed by atoms with Gasteiger partial charge < -0.3 is 10.6 Å². The highest BCUT2D eigenvalue weighted by atomic mass is 35.5. The molecule has 0 aliphatic carbocycles. The van der Waals surface area contributed by atoms with E-state index in [9.17, 15) is 17.6 Å². The Hall–Kier alpha value is -2.00. The van der Waals surface area contributed by atoms with Crippen molar-refractivity contribution in [2.75, 3.05) is 13.1 Å². The molecule has 2 unspecified atom stereocenters. The van der Waals surface area contributed by atoms with Crippen LogP contribution in [-0.4, -0.2) is 38.4 Å². The van der Waals surface area contributed by atoms with Gasteiger partial charge in [0.1, 0.15) is 11.9 Å². The zero-order chi connectivity index (χ0) is 19.4. The summed E-state index contributed by atoms with van der Waals surface area (Å²) in [6.45, 7) is 0.755. The van der Waals surface area contributed by atoms with Crippen LogP contribution in [0.3, 0.4) is 0 Å². The second-order valence-corrected chi connectivity index (χ2v) is 8.30. The molecular formula is C19H23ClFN3O3S. The van der Waals surface area contributed by atoms with Crippen molar-refractivity contribution in [3.8, 4) is 0 Å². The maximum absolute atomic E-state index is 13.3. The Morgan fingerprint density at radius 2 is 1.89 bits per heavy atom. The second-order valence-electron chi connectivity index (χ2n) is 6.59. The summed E-state index contributed by atoms with van der Waals surface area (Å²) in [6, 6.07) is 12.7. The number of hydrogen-bond donors (Lipinski definition) is 2. The standard InChI is InChI=1S/C19H22FN3O3S.ClH/c20-15-8-4-10-17(12-15)27(25,26)22-16-9-5-11-23(13-16)19(24)18(21)14-6-2-1-3-7-14;/h1-4,6-8,10,12,16,18,22H,5,9,11,13,21H2;1H. The molecule has 2 atom stereocenters. The predicted octanol–water partition coefficient (Wildman–Crippen LogP) is 2.22. The fourth-order valence-corrected chi connectivity index (χ4v) is 4.49. The number of amides is 1. The molecule has 6 nitrogen and oxygen atoms in total. The van der Waals surface area contributed by atoms with Crippen molar-refractivity contribution < 1.29 is 17.6 Å². The van der Waals surface area contributed by atoms with Gasteiger partial charge in [0.25, 0.3) is 0 Å². The van der Waals surface area contributed by atoms with Crippen molar-refractivity contribution in [1.29, 1.82) is 0 Å². The number of likely N-dealkylation sites (tertiary alicyclic amines) is 1. The minimum absolute atomic E-state index is 0. The molecule has 0 radical (unpaired) electrons. The van der Waals surface area contributed by atoms with E-state index < -0.39 is 27.9 Å². The number of carbonyl (C=O) groups excluding carboxylic acids is 1. The minimum Gasteiger partial charge on any atom is -0.339 e. The lowest BCUT2D eigenvalue weighted by molar-refractivity contribution is -0.134. The van der Waals surface area contributed by atoms with E-state index in [1.165, 1.54) is 18.2 Å². The van der Waals surface area contributed by atoms with Crippen LogP contribution in [0, 0.1) is 5.82 Å². The molecule has 0 saturated carbocycles. The van der Waals surface area contributed by atoms with Gasteiger partial charge in [-0.3, -0.25) is 4.79 Å². The van der Waals surface area contributed by atoms with Gasteiger partial charge in [-0.05, 0) is 36.6 Å². The largest absolute Gasteiger partial charge is 0.339 e. The maximum atomic E-state index is 13.3. The number of nitrogens with one attached hydrogen (secondary N) is 1. The number of sulfonamides is 1. The van der Waals surface area contributed by atoms with E-state index in [-0.39, 0.29) is 29.8 Å². The van der Waals surface area contributed by atoms with Gasteiger partial charge in [-0.25, -0.2) is 17.5 Å². The monoisotopic (exact) mass is 427 g/mol. The molecule has 1 amide bonds. The molecule has 152 valence electrons. The van der Waals surface area contributed by atoms with Crippen molar-refractivity contribution in [3.05, 3.63) is 66.0 Å². The third kappa shape index (κ3) is 5.29. The van der Waals surface area contributed by atoms with E-state index in [2.05, 4.69) is 4.72 Å². The van der Waals surface area contributed by atoms with Crippen LogP contribution in [0.5, 0.6) is 0 Å². The first-order chi connectivity index (χ1) is 12.9. The molecule has 2 aromatic carbocycles. The molecule has 9 heteroatoms. The first kappa shape index (κ1) is 22.3. The summed E-state index contributed by atoms with van der Waals surface area (Å²) in [5.41, 5.74) is 6.79. The van der Waals surface area contributed by atoms with Gasteiger partial charge in [-0.2, -0.15) is 0 Å². The average Bonchev–Trinajstić information content (AvgIpc) is 2.67. The van der Waals surface area contributed by atoms with Crippen molar-refractivity contribution in [2.24, 2.45) is 5.73 Å². The zero-order valence-electron chi connectivity index (χ0n) is 15.1. The van der Waals surface area contributed by atoms with Gasteiger partial charge in [-0.15, -0.1) is 12.4 Å². The smallest absolute Gasteiger partial charge is 0.244 e. The van der Waals surface area contributed by atoms with Crippen LogP contribution < -0.4 is 10.5 Å². The Balaban J connectivity index is 0.00000280. The van der Waals surface area contributed by atoms with Crippen molar-refractivity contribution in [3.63, 3.8) is 0 Å². The summed E-state index contributed by atoms with van der Waals surface area (Å²) in [7, 11) is -3.86. The number of halogens is 2. The lowest BCUT2D eigenvalue weighted by atomic mass is 10.0. The normalized spacial score (nSPS) is 18.2. The summed E-state index contributed by atoms with van der Waals surface area (Å²) in [6.07, 6.45) is 1.25. The highest BCUT2D eigenvalue weighted by Crippen LogP contribution is 2.19. The predicted molar refractivity (Wildman–Crippen MR) is 107 cm³/mol. The molecule has 1 fully saturated rings. The van der Waals surface area contributed by atoms with Crippen molar-refractivity contribution in [1.82, 2.24) is 9.62 Å². The molecule has 0 spiro atoms. The van der Waals surface area contributed by atoms with Gasteiger partial charge in [-0.1, -0.05) is 36.4 Å². The Morgan fingerprint density at radius 3 is 2.57 bits per heavy atom. The van der Waals surface area contributed by atoms with E-state index in [1.807, 2.05) is 18.2 Å². The maximum Gasteiger partial charge on any atom is 0.244 e. The fourth-order valence-electron chi connectivity index (χ4n) is 3.19. The van der Waals surface area contributed by atoms with Crippen LogP contribution >= 0.6 is 12.4 Å². The first-order valence-corrected chi connectivity index (χ1v) is 10.2. The van der Waals surface area contributed by atoms with Crippen LogP contribution in [0.15, 0.2) is 59.5 Å². The number of benzene rings is 2. The third-order valence-corrected chi connectivity index (χ3v) is 6.10. The molecule has 1 aliphatic rings. The van der Waals surface area contributed by atoms with Crippen molar-refractivity contribution in [2.45, 2.75) is 29.8 Å². The number of nitrogens with zero attached hydrogens (tertiary/aromatic N) is 1. The molecule has 28 heavy (non-hydrogen) atoms. The molecule has 1 heterocycles.